The molecule has 6 heteroatoms. The number of aromatic nitrogens is 1. The molecule has 0 atom stereocenters. The Morgan fingerprint density at radius 1 is 1.38 bits per heavy atom. The van der Waals surface area contributed by atoms with E-state index in [0.717, 1.165) is 0 Å². The lowest BCUT2D eigenvalue weighted by Crippen LogP contribution is -2.09. The summed E-state index contributed by atoms with van der Waals surface area (Å²) in [5.74, 6) is 0. The van der Waals surface area contributed by atoms with E-state index in [0.29, 0.717) is 10.9 Å². The summed E-state index contributed by atoms with van der Waals surface area (Å²) in [5, 5.41) is 19.7. The molecule has 1 aromatic heterocycles. The van der Waals surface area contributed by atoms with Crippen molar-refractivity contribution in [3.05, 3.63) is 50.3 Å². The molecule has 0 saturated heterocycles. The summed E-state index contributed by atoms with van der Waals surface area (Å²) < 4.78 is 0. The lowest BCUT2D eigenvalue weighted by molar-refractivity contribution is -0.384. The standard InChI is InChI=1S/C10H5N3O3/c11-5-7-3-6-4-8(13(15)16)1-2-9(6)12-10(7)14/h1-4H,(H,12,14). The smallest absolute Gasteiger partial charge is 0.270 e. The zero-order valence-corrected chi connectivity index (χ0v) is 7.93. The van der Waals surface area contributed by atoms with Crippen LogP contribution in [0.2, 0.25) is 0 Å². The SMILES string of the molecule is N#Cc1cc2cc([N+](=O)[O-])ccc2[nH]c1=O. The first-order valence-electron chi connectivity index (χ1n) is 4.33. The normalized spacial score (nSPS) is 9.94. The number of nitro benzene ring substituents is 1. The van der Waals surface area contributed by atoms with E-state index in [1.54, 1.807) is 6.07 Å². The molecule has 0 spiro atoms. The second-order valence-corrected chi connectivity index (χ2v) is 3.15. The third kappa shape index (κ3) is 1.50. The summed E-state index contributed by atoms with van der Waals surface area (Å²) in [4.78, 5) is 23.7. The van der Waals surface area contributed by atoms with Gasteiger partial charge in [0.1, 0.15) is 11.6 Å². The quantitative estimate of drug-likeness (QED) is 0.572. The minimum Gasteiger partial charge on any atom is -0.321 e. The number of pyridine rings is 1. The number of benzene rings is 1. The van der Waals surface area contributed by atoms with Crippen molar-refractivity contribution in [3.63, 3.8) is 0 Å². The van der Waals surface area contributed by atoms with Gasteiger partial charge in [0.25, 0.3) is 11.2 Å². The van der Waals surface area contributed by atoms with Gasteiger partial charge in [-0.3, -0.25) is 14.9 Å². The van der Waals surface area contributed by atoms with E-state index in [4.69, 9.17) is 5.26 Å². The Balaban J connectivity index is 2.79. The molecule has 78 valence electrons. The van der Waals surface area contributed by atoms with Crippen LogP contribution in [0.5, 0.6) is 0 Å². The molecule has 0 radical (unpaired) electrons. The molecule has 0 saturated carbocycles. The molecule has 0 fully saturated rings. The summed E-state index contributed by atoms with van der Waals surface area (Å²) >= 11 is 0. The van der Waals surface area contributed by atoms with Crippen molar-refractivity contribution in [2.75, 3.05) is 0 Å². The minimum atomic E-state index is -0.531. The lowest BCUT2D eigenvalue weighted by Gasteiger charge is -1.97. The summed E-state index contributed by atoms with van der Waals surface area (Å²) in [6, 6.07) is 7.11. The first kappa shape index (κ1) is 9.86. The van der Waals surface area contributed by atoms with Crippen molar-refractivity contribution < 1.29 is 4.92 Å². The van der Waals surface area contributed by atoms with Crippen molar-refractivity contribution in [1.29, 1.82) is 5.26 Å². The molecule has 2 aromatic rings. The number of rotatable bonds is 1. The fraction of sp³-hybridized carbons (Fsp3) is 0. The van der Waals surface area contributed by atoms with Gasteiger partial charge >= 0.3 is 0 Å². The van der Waals surface area contributed by atoms with Gasteiger partial charge in [-0.05, 0) is 12.1 Å². The van der Waals surface area contributed by atoms with Gasteiger partial charge in [0, 0.05) is 23.0 Å². The molecule has 0 aliphatic rings. The van der Waals surface area contributed by atoms with Gasteiger partial charge in [-0.15, -0.1) is 0 Å². The van der Waals surface area contributed by atoms with Crippen LogP contribution in [0.4, 0.5) is 5.69 Å². The highest BCUT2D eigenvalue weighted by atomic mass is 16.6. The summed E-state index contributed by atoms with van der Waals surface area (Å²) in [6.07, 6.45) is 0. The van der Waals surface area contributed by atoms with Crippen LogP contribution in [0.3, 0.4) is 0 Å². The maximum Gasteiger partial charge on any atom is 0.270 e. The molecular weight excluding hydrogens is 210 g/mol. The highest BCUT2D eigenvalue weighted by Crippen LogP contribution is 2.18. The molecule has 16 heavy (non-hydrogen) atoms. The number of nitro groups is 1. The molecule has 1 heterocycles. The Kier molecular flexibility index (Phi) is 2.14. The largest absolute Gasteiger partial charge is 0.321 e. The van der Waals surface area contributed by atoms with Crippen molar-refractivity contribution in [3.8, 4) is 6.07 Å². The Morgan fingerprint density at radius 3 is 2.75 bits per heavy atom. The molecule has 1 N–H and O–H groups in total. The van der Waals surface area contributed by atoms with Crippen LogP contribution in [0.15, 0.2) is 29.1 Å². The second-order valence-electron chi connectivity index (χ2n) is 3.15. The Labute approximate surface area is 88.9 Å². The number of nitriles is 1. The van der Waals surface area contributed by atoms with Gasteiger partial charge in [0.15, 0.2) is 0 Å². The lowest BCUT2D eigenvalue weighted by atomic mass is 10.1. The van der Waals surface area contributed by atoms with Crippen LogP contribution in [0.1, 0.15) is 5.56 Å². The molecule has 1 aromatic carbocycles. The Hall–Kier alpha value is -2.68. The summed E-state index contributed by atoms with van der Waals surface area (Å²) in [5.41, 5.74) is -0.171. The Morgan fingerprint density at radius 2 is 2.12 bits per heavy atom. The zero-order valence-electron chi connectivity index (χ0n) is 7.93. The Bertz CT molecular complexity index is 682. The monoisotopic (exact) mass is 215 g/mol. The minimum absolute atomic E-state index is 0.0620. The molecule has 0 aliphatic heterocycles. The number of aromatic amines is 1. The number of non-ortho nitro benzene ring substituents is 1. The van der Waals surface area contributed by atoms with Gasteiger partial charge in [-0.25, -0.2) is 0 Å². The van der Waals surface area contributed by atoms with E-state index < -0.39 is 10.5 Å². The maximum absolute atomic E-state index is 11.3. The number of H-pyrrole nitrogens is 1. The molecule has 2 rings (SSSR count). The van der Waals surface area contributed by atoms with Gasteiger partial charge in [-0.1, -0.05) is 0 Å². The van der Waals surface area contributed by atoms with Crippen LogP contribution in [-0.4, -0.2) is 9.91 Å². The highest BCUT2D eigenvalue weighted by molar-refractivity contribution is 5.81. The third-order valence-electron chi connectivity index (χ3n) is 2.16. The van der Waals surface area contributed by atoms with E-state index in [-0.39, 0.29) is 11.3 Å². The first-order valence-corrected chi connectivity index (χ1v) is 4.33. The molecule has 0 aliphatic carbocycles. The fourth-order valence-corrected chi connectivity index (χ4v) is 1.39. The van der Waals surface area contributed by atoms with Gasteiger partial charge in [-0.2, -0.15) is 5.26 Å². The van der Waals surface area contributed by atoms with Crippen molar-refractivity contribution in [1.82, 2.24) is 4.98 Å². The molecule has 6 nitrogen and oxygen atoms in total. The molecular formula is C10H5N3O3. The van der Waals surface area contributed by atoms with E-state index in [1.807, 2.05) is 0 Å². The van der Waals surface area contributed by atoms with Crippen LogP contribution < -0.4 is 5.56 Å². The predicted molar refractivity (Wildman–Crippen MR) is 55.9 cm³/mol. The molecule has 0 unspecified atom stereocenters. The van der Waals surface area contributed by atoms with Crippen LogP contribution in [-0.2, 0) is 0 Å². The maximum atomic E-state index is 11.3. The predicted octanol–water partition coefficient (Wildman–Crippen LogP) is 1.31. The van der Waals surface area contributed by atoms with Gasteiger partial charge in [0.05, 0.1) is 4.92 Å². The summed E-state index contributed by atoms with van der Waals surface area (Å²) in [7, 11) is 0. The first-order chi connectivity index (χ1) is 7.61. The van der Waals surface area contributed by atoms with E-state index in [2.05, 4.69) is 4.98 Å². The van der Waals surface area contributed by atoms with Crippen LogP contribution in [0.25, 0.3) is 10.9 Å². The summed E-state index contributed by atoms with van der Waals surface area (Å²) in [6.45, 7) is 0. The third-order valence-corrected chi connectivity index (χ3v) is 2.16. The molecule has 0 amide bonds. The van der Waals surface area contributed by atoms with E-state index in [1.165, 1.54) is 24.3 Å². The number of fused-ring (bicyclic) bond motifs is 1. The number of hydrogen-bond acceptors (Lipinski definition) is 4. The van der Waals surface area contributed by atoms with Gasteiger partial charge in [0.2, 0.25) is 0 Å². The highest BCUT2D eigenvalue weighted by Gasteiger charge is 2.08. The number of nitrogens with one attached hydrogen (secondary N) is 1. The van der Waals surface area contributed by atoms with Crippen LogP contribution >= 0.6 is 0 Å². The van der Waals surface area contributed by atoms with E-state index >= 15 is 0 Å². The fourth-order valence-electron chi connectivity index (χ4n) is 1.39. The van der Waals surface area contributed by atoms with E-state index in [9.17, 15) is 14.9 Å². The zero-order chi connectivity index (χ0) is 11.7. The number of hydrogen-bond donors (Lipinski definition) is 1. The van der Waals surface area contributed by atoms with Crippen molar-refractivity contribution in [2.45, 2.75) is 0 Å². The van der Waals surface area contributed by atoms with Crippen LogP contribution in [0, 0.1) is 21.4 Å². The second kappa shape index (κ2) is 3.47. The average Bonchev–Trinajstić information content (AvgIpc) is 2.27. The van der Waals surface area contributed by atoms with Crippen molar-refractivity contribution in [2.24, 2.45) is 0 Å². The number of nitrogens with zero attached hydrogens (tertiary/aromatic N) is 2. The van der Waals surface area contributed by atoms with Gasteiger partial charge < -0.3 is 4.98 Å². The van der Waals surface area contributed by atoms with Crippen molar-refractivity contribution >= 4 is 16.6 Å². The topological polar surface area (TPSA) is 99.8 Å². The average molecular weight is 215 g/mol. The molecule has 0 bridgehead atoms.